The Balaban J connectivity index is 0.000000354. The van der Waals surface area contributed by atoms with Crippen molar-refractivity contribution in [1.29, 1.82) is 0 Å². The first-order valence-corrected chi connectivity index (χ1v) is 16.6. The van der Waals surface area contributed by atoms with Crippen LogP contribution in [0.1, 0.15) is 20.3 Å². The Morgan fingerprint density at radius 2 is 2.17 bits per heavy atom. The molecule has 1 aliphatic rings. The molecule has 1 rings (SSSR count). The zero-order valence-electron chi connectivity index (χ0n) is 7.49. The minimum atomic E-state index is 0.530. The zero-order chi connectivity index (χ0) is 9.40. The summed E-state index contributed by atoms with van der Waals surface area (Å²) >= 11 is 5.30. The van der Waals surface area contributed by atoms with Gasteiger partial charge in [-0.3, -0.25) is 4.90 Å². The van der Waals surface area contributed by atoms with Gasteiger partial charge in [-0.05, 0) is 13.3 Å². The van der Waals surface area contributed by atoms with Crippen molar-refractivity contribution in [3.05, 3.63) is 0 Å². The molecule has 1 aliphatic heterocycles. The van der Waals surface area contributed by atoms with Gasteiger partial charge in [-0.25, -0.2) is 0 Å². The topological polar surface area (TPSA) is 15.3 Å². The van der Waals surface area contributed by atoms with Gasteiger partial charge < -0.3 is 5.32 Å². The molecule has 0 amide bonds. The van der Waals surface area contributed by atoms with Crippen molar-refractivity contribution in [3.8, 4) is 0 Å². The summed E-state index contributed by atoms with van der Waals surface area (Å²) in [6, 6.07) is 0.764. The number of rotatable bonds is 2. The van der Waals surface area contributed by atoms with E-state index in [1.165, 1.54) is 19.5 Å². The molecule has 1 fully saturated rings. The van der Waals surface area contributed by atoms with Crippen LogP contribution in [0.15, 0.2) is 0 Å². The van der Waals surface area contributed by atoms with E-state index in [0.717, 1.165) is 12.7 Å². The van der Waals surface area contributed by atoms with E-state index in [1.54, 1.807) is 0 Å². The first-order valence-electron chi connectivity index (χ1n) is 4.08. The van der Waals surface area contributed by atoms with Crippen molar-refractivity contribution in [2.75, 3.05) is 19.8 Å². The summed E-state index contributed by atoms with van der Waals surface area (Å²) < 4.78 is 0. The van der Waals surface area contributed by atoms with Gasteiger partial charge in [0.05, 0.1) is 0 Å². The van der Waals surface area contributed by atoms with Crippen LogP contribution in [-0.4, -0.2) is 30.7 Å². The fraction of sp³-hybridized carbons (Fsp3) is 1.00. The second-order valence-corrected chi connectivity index (χ2v) is 19.0. The molecule has 1 atom stereocenters. The molecular weight excluding hydrogens is 493 g/mol. The molecule has 0 radical (unpaired) electrons. The third-order valence-corrected chi connectivity index (χ3v) is 2.10. The summed E-state index contributed by atoms with van der Waals surface area (Å²) in [5, 5.41) is 3.31. The predicted molar refractivity (Wildman–Crippen MR) is 67.4 cm³/mol. The fourth-order valence-corrected chi connectivity index (χ4v) is 1.16. The van der Waals surface area contributed by atoms with Gasteiger partial charge in [-0.2, -0.15) is 0 Å². The Bertz CT molecular complexity index is 96.7. The zero-order valence-corrected chi connectivity index (χ0v) is 14.0. The molecule has 0 spiro atoms. The summed E-state index contributed by atoms with van der Waals surface area (Å²) in [6.07, 6.45) is 1.27. The number of hydrogen-bond acceptors (Lipinski definition) is 2. The Kier molecular flexibility index (Phi) is 11.4. The second kappa shape index (κ2) is 9.66. The van der Waals surface area contributed by atoms with E-state index < -0.39 is 0 Å². The molecule has 0 saturated carbocycles. The number of nitrogens with one attached hydrogen (secondary N) is 1. The summed E-state index contributed by atoms with van der Waals surface area (Å²) in [5.74, 6) is 0. The molecule has 1 saturated heterocycles. The van der Waals surface area contributed by atoms with Crippen molar-refractivity contribution in [1.82, 2.24) is 10.2 Å². The fourth-order valence-electron chi connectivity index (χ4n) is 1.16. The normalized spacial score (nSPS) is 20.3. The summed E-state index contributed by atoms with van der Waals surface area (Å²) in [7, 11) is 0. The van der Waals surface area contributed by atoms with Gasteiger partial charge in [-0.1, -0.05) is 6.92 Å². The van der Waals surface area contributed by atoms with Gasteiger partial charge in [0.25, 0.3) is 0 Å². The Morgan fingerprint density at radius 1 is 1.58 bits per heavy atom. The quantitative estimate of drug-likeness (QED) is 0.503. The number of nitrogens with zero attached hydrogens (tertiary/aromatic N) is 1. The molecule has 76 valence electrons. The van der Waals surface area contributed by atoms with Crippen molar-refractivity contribution in [2.24, 2.45) is 0 Å². The van der Waals surface area contributed by atoms with Gasteiger partial charge in [0.1, 0.15) is 0 Å². The SMILES string of the molecule is CCC(C)N1CCNC1.I[I-]I. The summed E-state index contributed by atoms with van der Waals surface area (Å²) in [6.45, 7) is 8.02. The second-order valence-electron chi connectivity index (χ2n) is 2.78. The van der Waals surface area contributed by atoms with Gasteiger partial charge >= 0.3 is 50.5 Å². The van der Waals surface area contributed by atoms with Crippen LogP contribution in [0.25, 0.3) is 0 Å². The van der Waals surface area contributed by atoms with Crippen molar-refractivity contribution in [2.45, 2.75) is 26.3 Å². The van der Waals surface area contributed by atoms with Crippen LogP contribution in [0.2, 0.25) is 0 Å². The molecule has 0 bridgehead atoms. The Hall–Kier alpha value is 2.11. The number of hydrogen-bond donors (Lipinski definition) is 1. The van der Waals surface area contributed by atoms with Crippen LogP contribution < -0.4 is 18.6 Å². The molecular formula is C7H16I3N2-. The molecule has 1 heterocycles. The van der Waals surface area contributed by atoms with E-state index in [4.69, 9.17) is 0 Å². The van der Waals surface area contributed by atoms with E-state index in [0.29, 0.717) is 13.3 Å². The monoisotopic (exact) mass is 509 g/mol. The van der Waals surface area contributed by atoms with Crippen LogP contribution in [-0.2, 0) is 0 Å². The van der Waals surface area contributed by atoms with E-state index in [1.807, 2.05) is 0 Å². The van der Waals surface area contributed by atoms with Crippen LogP contribution in [0.5, 0.6) is 0 Å². The van der Waals surface area contributed by atoms with E-state index >= 15 is 0 Å². The third-order valence-electron chi connectivity index (χ3n) is 2.10. The minimum absolute atomic E-state index is 0.530. The molecule has 0 aliphatic carbocycles. The summed E-state index contributed by atoms with van der Waals surface area (Å²) in [4.78, 5) is 2.47. The average molecular weight is 509 g/mol. The Morgan fingerprint density at radius 3 is 2.50 bits per heavy atom. The first kappa shape index (κ1) is 14.1. The standard InChI is InChI=1S/C7H16N2.I3/c1-3-7(2)9-5-4-8-6-9;1-3-2/h7-8H,3-6H2,1-2H3;/q;-1. The van der Waals surface area contributed by atoms with Gasteiger partial charge in [0, 0.05) is 25.8 Å². The van der Waals surface area contributed by atoms with Crippen molar-refractivity contribution >= 4 is 37.2 Å². The molecule has 2 nitrogen and oxygen atoms in total. The van der Waals surface area contributed by atoms with Crippen LogP contribution in [0.4, 0.5) is 0 Å². The predicted octanol–water partition coefficient (Wildman–Crippen LogP) is -0.577. The molecule has 1 unspecified atom stereocenters. The Labute approximate surface area is 105 Å². The molecule has 5 heteroatoms. The summed E-state index contributed by atoms with van der Waals surface area (Å²) in [5.41, 5.74) is 0. The van der Waals surface area contributed by atoms with E-state index in [9.17, 15) is 0 Å². The van der Waals surface area contributed by atoms with Crippen LogP contribution in [0, 0.1) is 0 Å². The third kappa shape index (κ3) is 6.55. The van der Waals surface area contributed by atoms with Gasteiger partial charge in [0.2, 0.25) is 0 Å². The van der Waals surface area contributed by atoms with Gasteiger partial charge in [-0.15, -0.1) is 0 Å². The molecule has 12 heavy (non-hydrogen) atoms. The first-order chi connectivity index (χ1) is 5.76. The molecule has 0 aromatic heterocycles. The molecule has 0 aromatic carbocycles. The van der Waals surface area contributed by atoms with Crippen LogP contribution in [0.3, 0.4) is 0 Å². The average Bonchev–Trinajstić information content (AvgIpc) is 2.56. The van der Waals surface area contributed by atoms with Gasteiger partial charge in [0.15, 0.2) is 0 Å². The van der Waals surface area contributed by atoms with E-state index in [2.05, 4.69) is 61.3 Å². The molecule has 1 N–H and O–H groups in total. The number of halogens is 3. The molecule has 0 aromatic rings. The van der Waals surface area contributed by atoms with E-state index in [-0.39, 0.29) is 0 Å². The maximum atomic E-state index is 3.31. The maximum absolute atomic E-state index is 3.31. The van der Waals surface area contributed by atoms with Crippen molar-refractivity contribution in [3.63, 3.8) is 0 Å². The van der Waals surface area contributed by atoms with Crippen LogP contribution >= 0.6 is 37.2 Å². The van der Waals surface area contributed by atoms with Crippen molar-refractivity contribution < 1.29 is 13.3 Å².